The van der Waals surface area contributed by atoms with E-state index >= 15 is 0 Å². The molecule has 0 saturated carbocycles. The van der Waals surface area contributed by atoms with Gasteiger partial charge >= 0.3 is 0 Å². The number of ketones is 2. The Morgan fingerprint density at radius 3 is 1.49 bits per heavy atom. The molecular formula is C34H28N8O15S4. The molecule has 6 rings (SSSR count). The number of rotatable bonds is 11. The Bertz CT molecular complexity index is 3230. The highest BCUT2D eigenvalue weighted by molar-refractivity contribution is 7.91. The first-order chi connectivity index (χ1) is 28.3. The van der Waals surface area contributed by atoms with Gasteiger partial charge in [0.15, 0.2) is 11.4 Å². The number of nitrogens with zero attached hydrogens (tertiary/aromatic N) is 4. The molecule has 0 atom stereocenters. The second-order valence-electron chi connectivity index (χ2n) is 12.8. The number of carbonyl (C=O) groups is 2. The van der Waals surface area contributed by atoms with Gasteiger partial charge in [-0.3, -0.25) is 38.7 Å². The summed E-state index contributed by atoms with van der Waals surface area (Å²) in [4.78, 5) is 23.3. The summed E-state index contributed by atoms with van der Waals surface area (Å²) in [5.41, 5.74) is 14.2. The Morgan fingerprint density at radius 1 is 0.607 bits per heavy atom. The minimum absolute atomic E-state index is 0.0692. The average Bonchev–Trinajstić information content (AvgIpc) is 3.15. The maximum absolute atomic E-state index is 13.4. The Kier molecular flexibility index (Phi) is 11.3. The molecule has 0 aromatic heterocycles. The number of aryl methyl sites for hydroxylation is 1. The highest BCUT2D eigenvalue weighted by Gasteiger charge is 2.37. The molecule has 2 aliphatic carbocycles. The number of allylic oxidation sites excluding steroid dienone is 2. The zero-order chi connectivity index (χ0) is 45.0. The van der Waals surface area contributed by atoms with Crippen LogP contribution in [0.3, 0.4) is 0 Å². The molecule has 4 aromatic carbocycles. The topological polar surface area (TPSA) is 386 Å². The molecule has 0 saturated heterocycles. The van der Waals surface area contributed by atoms with Crippen molar-refractivity contribution < 1.29 is 66.2 Å². The molecule has 0 bridgehead atoms. The standard InChI is InChI=1S/C34H28N8O15S4/c1-15-7-25(40-42-32-28(61(54,55)56)11-17-9-21(59(48,49)50)13-23(36)30(17)34(32)44)26(57-2)14-24(15)39-37-18-3-5-19(6-4-18)38-41-31-27(60(51,52)53)10-16-8-20(58(45,46)47)12-22(35)29(16)33(31)43/h3-14,38,40H,35-36H2,1-2H3,(H,45,46,47)(H,48,49,50)(H,51,52,53)(H,54,55,56)/b39-37?,41-31+,42-32-. The summed E-state index contributed by atoms with van der Waals surface area (Å²) in [6, 6.07) is 11.8. The van der Waals surface area contributed by atoms with Gasteiger partial charge in [0, 0.05) is 17.4 Å². The van der Waals surface area contributed by atoms with Crippen LogP contribution in [0.15, 0.2) is 101 Å². The molecule has 0 heterocycles. The third kappa shape index (κ3) is 9.07. The van der Waals surface area contributed by atoms with Crippen LogP contribution in [0, 0.1) is 6.92 Å². The lowest BCUT2D eigenvalue weighted by Crippen LogP contribution is -2.28. The normalized spacial score (nSPS) is 16.0. The molecule has 23 nitrogen and oxygen atoms in total. The van der Waals surface area contributed by atoms with E-state index in [1.165, 1.54) is 43.5 Å². The molecule has 61 heavy (non-hydrogen) atoms. The molecule has 0 aliphatic heterocycles. The summed E-state index contributed by atoms with van der Waals surface area (Å²) < 4.78 is 140. The number of hydrazone groups is 2. The third-order valence-corrected chi connectivity index (χ3v) is 12.1. The summed E-state index contributed by atoms with van der Waals surface area (Å²) in [7, 11) is -18.6. The van der Waals surface area contributed by atoms with E-state index in [9.17, 15) is 61.5 Å². The number of ether oxygens (including phenoxy) is 1. The number of fused-ring (bicyclic) bond motifs is 2. The summed E-state index contributed by atoms with van der Waals surface area (Å²) >= 11 is 0. The molecule has 4 aromatic rings. The molecule has 0 fully saturated rings. The number of nitrogens with one attached hydrogen (secondary N) is 2. The van der Waals surface area contributed by atoms with E-state index in [4.69, 9.17) is 16.2 Å². The van der Waals surface area contributed by atoms with E-state index in [-0.39, 0.29) is 50.8 Å². The highest BCUT2D eigenvalue weighted by atomic mass is 32.2. The van der Waals surface area contributed by atoms with E-state index < -0.39 is 94.4 Å². The van der Waals surface area contributed by atoms with Crippen LogP contribution in [0.2, 0.25) is 0 Å². The smallest absolute Gasteiger partial charge is 0.296 e. The zero-order valence-electron chi connectivity index (χ0n) is 30.8. The van der Waals surface area contributed by atoms with E-state index in [2.05, 4.69) is 31.3 Å². The van der Waals surface area contributed by atoms with Crippen molar-refractivity contribution in [3.05, 3.63) is 98.3 Å². The van der Waals surface area contributed by atoms with Crippen molar-refractivity contribution in [2.24, 2.45) is 20.4 Å². The largest absolute Gasteiger partial charge is 0.494 e. The van der Waals surface area contributed by atoms with Gasteiger partial charge in [-0.15, -0.1) is 0 Å². The number of nitrogen functional groups attached to an aromatic ring is 2. The van der Waals surface area contributed by atoms with Gasteiger partial charge in [-0.05, 0) is 90.4 Å². The predicted molar refractivity (Wildman–Crippen MR) is 220 cm³/mol. The molecule has 2 aliphatic rings. The van der Waals surface area contributed by atoms with E-state index in [1.54, 1.807) is 6.92 Å². The van der Waals surface area contributed by atoms with Crippen LogP contribution < -0.4 is 27.1 Å². The third-order valence-electron chi connectivity index (χ3n) is 8.67. The van der Waals surface area contributed by atoms with Gasteiger partial charge in [-0.1, -0.05) is 0 Å². The van der Waals surface area contributed by atoms with Crippen LogP contribution in [-0.4, -0.2) is 82.0 Å². The van der Waals surface area contributed by atoms with E-state index in [0.717, 1.165) is 36.4 Å². The fourth-order valence-corrected chi connectivity index (χ4v) is 8.27. The average molecular weight is 917 g/mol. The fraction of sp³-hybridized carbons (Fsp3) is 0.0588. The number of hydrogen-bond donors (Lipinski definition) is 8. The molecule has 318 valence electrons. The molecule has 0 unspecified atom stereocenters. The first kappa shape index (κ1) is 43.8. The Balaban J connectivity index is 1.23. The Hall–Kier alpha value is -6.72. The maximum Gasteiger partial charge on any atom is 0.296 e. The van der Waals surface area contributed by atoms with Crippen LogP contribution in [0.1, 0.15) is 37.4 Å². The Labute approximate surface area is 345 Å². The minimum atomic E-state index is -5.14. The lowest BCUT2D eigenvalue weighted by Gasteiger charge is -2.19. The number of methoxy groups -OCH3 is 1. The number of hydrogen-bond acceptors (Lipinski definition) is 19. The number of benzene rings is 4. The van der Waals surface area contributed by atoms with Crippen LogP contribution >= 0.6 is 0 Å². The second kappa shape index (κ2) is 15.7. The van der Waals surface area contributed by atoms with Crippen LogP contribution in [0.5, 0.6) is 5.75 Å². The highest BCUT2D eigenvalue weighted by Crippen LogP contribution is 2.36. The Morgan fingerprint density at radius 2 is 1.07 bits per heavy atom. The molecule has 0 spiro atoms. The maximum atomic E-state index is 13.4. The van der Waals surface area contributed by atoms with E-state index in [1.807, 2.05) is 0 Å². The molecule has 10 N–H and O–H groups in total. The van der Waals surface area contributed by atoms with Crippen LogP contribution in [0.4, 0.5) is 34.1 Å². The first-order valence-corrected chi connectivity index (χ1v) is 22.2. The van der Waals surface area contributed by atoms with Gasteiger partial charge in [0.1, 0.15) is 15.6 Å². The summed E-state index contributed by atoms with van der Waals surface area (Å²) in [5, 5.41) is 16.1. The number of Topliss-reactive ketones (excluding diaryl/α,β-unsaturated/α-hetero) is 2. The summed E-state index contributed by atoms with van der Waals surface area (Å²) in [6.07, 6.45) is 1.53. The van der Waals surface area contributed by atoms with Gasteiger partial charge < -0.3 is 16.2 Å². The summed E-state index contributed by atoms with van der Waals surface area (Å²) in [6.45, 7) is 1.61. The minimum Gasteiger partial charge on any atom is -0.494 e. The van der Waals surface area contributed by atoms with Gasteiger partial charge in [0.25, 0.3) is 40.5 Å². The summed E-state index contributed by atoms with van der Waals surface area (Å²) in [5.74, 6) is -2.12. The van der Waals surface area contributed by atoms with Crippen LogP contribution in [-0.2, 0) is 40.5 Å². The number of carbonyl (C=O) groups excluding carboxylic acids is 2. The predicted octanol–water partition coefficient (Wildman–Crippen LogP) is 3.86. The van der Waals surface area contributed by atoms with Gasteiger partial charge in [0.2, 0.25) is 11.6 Å². The monoisotopic (exact) mass is 916 g/mol. The zero-order valence-corrected chi connectivity index (χ0v) is 34.1. The lowest BCUT2D eigenvalue weighted by atomic mass is 9.93. The molecule has 27 heteroatoms. The van der Waals surface area contributed by atoms with Crippen molar-refractivity contribution in [1.29, 1.82) is 0 Å². The number of azo groups is 1. The molecular weight excluding hydrogens is 889 g/mol. The number of anilines is 4. The van der Waals surface area contributed by atoms with Crippen molar-refractivity contribution in [3.63, 3.8) is 0 Å². The lowest BCUT2D eigenvalue weighted by molar-refractivity contribution is 0.105. The van der Waals surface area contributed by atoms with Crippen LogP contribution in [0.25, 0.3) is 12.2 Å². The van der Waals surface area contributed by atoms with E-state index in [0.29, 0.717) is 5.56 Å². The first-order valence-electron chi connectivity index (χ1n) is 16.5. The van der Waals surface area contributed by atoms with Crippen molar-refractivity contribution >= 4 is 110 Å². The fourth-order valence-electron chi connectivity index (χ4n) is 5.85. The van der Waals surface area contributed by atoms with Crippen molar-refractivity contribution in [3.8, 4) is 5.75 Å². The quantitative estimate of drug-likeness (QED) is 0.0458. The molecule has 0 radical (unpaired) electrons. The van der Waals surface area contributed by atoms with Gasteiger partial charge in [0.05, 0.1) is 50.8 Å². The van der Waals surface area contributed by atoms with Gasteiger partial charge in [-0.25, -0.2) is 0 Å². The van der Waals surface area contributed by atoms with Crippen molar-refractivity contribution in [2.75, 3.05) is 29.4 Å². The van der Waals surface area contributed by atoms with Crippen molar-refractivity contribution in [1.82, 2.24) is 0 Å². The van der Waals surface area contributed by atoms with Gasteiger partial charge in [-0.2, -0.15) is 54.1 Å². The second-order valence-corrected chi connectivity index (χ2v) is 18.4. The SMILES string of the molecule is COc1cc(N=Nc2ccc(N/N=C3/C(=O)c4c(N)cc(S(=O)(=O)O)cc4C=C3S(=O)(=O)O)cc2)c(C)cc1N/N=C1\C(=O)c2c(N)cc(S(=O)(=O)O)cc2C=C1S(=O)(=O)O. The number of nitrogens with two attached hydrogens (primary N) is 2. The van der Waals surface area contributed by atoms with Crippen molar-refractivity contribution in [2.45, 2.75) is 16.7 Å². The molecule has 0 amide bonds.